The summed E-state index contributed by atoms with van der Waals surface area (Å²) in [5.41, 5.74) is 9.15. The molecule has 0 amide bonds. The summed E-state index contributed by atoms with van der Waals surface area (Å²) in [6.07, 6.45) is 0.921. The van der Waals surface area contributed by atoms with Crippen LogP contribution in [0.25, 0.3) is 5.65 Å². The van der Waals surface area contributed by atoms with Gasteiger partial charge in [0.25, 0.3) is 0 Å². The molecule has 0 saturated carbocycles. The van der Waals surface area contributed by atoms with E-state index in [9.17, 15) is 0 Å². The van der Waals surface area contributed by atoms with Gasteiger partial charge in [0.15, 0.2) is 0 Å². The fourth-order valence-corrected chi connectivity index (χ4v) is 2.18. The molecule has 4 heteroatoms. The lowest BCUT2D eigenvalue weighted by Gasteiger charge is -2.05. The molecule has 0 unspecified atom stereocenters. The Morgan fingerprint density at radius 1 is 1.44 bits per heavy atom. The molecule has 0 radical (unpaired) electrons. The van der Waals surface area contributed by atoms with Crippen LogP contribution < -0.4 is 5.73 Å². The minimum absolute atomic E-state index is 0.566. The highest BCUT2D eigenvalue weighted by molar-refractivity contribution is 9.10. The number of halogens is 1. The minimum Gasteiger partial charge on any atom is -0.383 e. The summed E-state index contributed by atoms with van der Waals surface area (Å²) in [5, 5.41) is 0. The lowest BCUT2D eigenvalue weighted by atomic mass is 10.1. The normalized spacial score (nSPS) is 11.6. The number of nitrogen functional groups attached to an aromatic ring is 1. The number of aryl methyl sites for hydroxylation is 1. The van der Waals surface area contributed by atoms with Crippen molar-refractivity contribution < 1.29 is 0 Å². The highest BCUT2D eigenvalue weighted by atomic mass is 79.9. The molecular formula is C12H16BrN3. The molecule has 2 N–H and O–H groups in total. The first-order valence-electron chi connectivity index (χ1n) is 5.42. The fraction of sp³-hybridized carbons (Fsp3) is 0.417. The zero-order valence-electron chi connectivity index (χ0n) is 9.79. The number of anilines is 1. The molecule has 2 rings (SSSR count). The molecule has 0 atom stereocenters. The van der Waals surface area contributed by atoms with E-state index in [1.165, 1.54) is 0 Å². The van der Waals surface area contributed by atoms with Crippen molar-refractivity contribution in [2.75, 3.05) is 5.73 Å². The summed E-state index contributed by atoms with van der Waals surface area (Å²) < 4.78 is 3.06. The van der Waals surface area contributed by atoms with E-state index in [2.05, 4.69) is 34.8 Å². The van der Waals surface area contributed by atoms with Crippen LogP contribution >= 0.6 is 15.9 Å². The molecule has 86 valence electrons. The summed E-state index contributed by atoms with van der Waals surface area (Å²) in [6, 6.07) is 3.99. The van der Waals surface area contributed by atoms with E-state index in [0.717, 1.165) is 33.7 Å². The maximum absolute atomic E-state index is 6.14. The third-order valence-electron chi connectivity index (χ3n) is 2.68. The van der Waals surface area contributed by atoms with E-state index < -0.39 is 0 Å². The van der Waals surface area contributed by atoms with Gasteiger partial charge in [0.1, 0.15) is 11.5 Å². The van der Waals surface area contributed by atoms with Crippen LogP contribution in [0.15, 0.2) is 16.6 Å². The highest BCUT2D eigenvalue weighted by Gasteiger charge is 2.12. The van der Waals surface area contributed by atoms with Crippen LogP contribution in [0.4, 0.5) is 5.82 Å². The van der Waals surface area contributed by atoms with Crippen LogP contribution in [0, 0.1) is 12.8 Å². The van der Waals surface area contributed by atoms with Gasteiger partial charge < -0.3 is 5.73 Å². The summed E-state index contributed by atoms with van der Waals surface area (Å²) in [6.45, 7) is 6.38. The summed E-state index contributed by atoms with van der Waals surface area (Å²) in [4.78, 5) is 4.57. The molecule has 0 aromatic carbocycles. The molecule has 0 aliphatic rings. The number of imidazole rings is 1. The van der Waals surface area contributed by atoms with Gasteiger partial charge in [-0.2, -0.15) is 0 Å². The van der Waals surface area contributed by atoms with Crippen molar-refractivity contribution in [3.05, 3.63) is 28.0 Å². The second-order valence-electron chi connectivity index (χ2n) is 4.50. The van der Waals surface area contributed by atoms with Crippen molar-refractivity contribution in [1.29, 1.82) is 0 Å². The number of hydrogen-bond acceptors (Lipinski definition) is 2. The van der Waals surface area contributed by atoms with Crippen LogP contribution in [0.5, 0.6) is 0 Å². The molecule has 0 aliphatic carbocycles. The van der Waals surface area contributed by atoms with Gasteiger partial charge in [-0.25, -0.2) is 4.98 Å². The molecule has 16 heavy (non-hydrogen) atoms. The number of nitrogens with two attached hydrogens (primary N) is 1. The van der Waals surface area contributed by atoms with Crippen LogP contribution in [-0.2, 0) is 6.42 Å². The molecule has 2 aromatic heterocycles. The van der Waals surface area contributed by atoms with Crippen LogP contribution in [0.3, 0.4) is 0 Å². The molecule has 2 aromatic rings. The van der Waals surface area contributed by atoms with Gasteiger partial charge in [-0.3, -0.25) is 4.40 Å². The summed E-state index contributed by atoms with van der Waals surface area (Å²) >= 11 is 3.51. The summed E-state index contributed by atoms with van der Waals surface area (Å²) in [5.74, 6) is 1.33. The maximum atomic E-state index is 6.14. The first kappa shape index (κ1) is 11.5. The highest BCUT2D eigenvalue weighted by Crippen LogP contribution is 2.24. The number of hydrogen-bond donors (Lipinski definition) is 1. The fourth-order valence-electron chi connectivity index (χ4n) is 1.87. The van der Waals surface area contributed by atoms with Crippen LogP contribution in [0.1, 0.15) is 25.2 Å². The third-order valence-corrected chi connectivity index (χ3v) is 3.51. The van der Waals surface area contributed by atoms with Gasteiger partial charge >= 0.3 is 0 Å². The molecule has 0 fully saturated rings. The van der Waals surface area contributed by atoms with E-state index in [0.29, 0.717) is 5.92 Å². The summed E-state index contributed by atoms with van der Waals surface area (Å²) in [7, 11) is 0. The van der Waals surface area contributed by atoms with Crippen molar-refractivity contribution >= 4 is 27.4 Å². The second kappa shape index (κ2) is 4.09. The first-order valence-corrected chi connectivity index (χ1v) is 6.22. The van der Waals surface area contributed by atoms with Crippen LogP contribution in [-0.4, -0.2) is 9.38 Å². The van der Waals surface area contributed by atoms with E-state index in [4.69, 9.17) is 5.73 Å². The third kappa shape index (κ3) is 1.82. The number of rotatable bonds is 2. The Kier molecular flexibility index (Phi) is 2.93. The van der Waals surface area contributed by atoms with E-state index >= 15 is 0 Å². The topological polar surface area (TPSA) is 43.3 Å². The standard InChI is InChI=1S/C12H16BrN3/c1-7(2)6-10-12(14)16-8(3)9(13)4-5-11(16)15-10/h4-5,7H,6,14H2,1-3H3. The Hall–Kier alpha value is -1.03. The molecule has 2 heterocycles. The predicted octanol–water partition coefficient (Wildman–Crippen LogP) is 3.19. The van der Waals surface area contributed by atoms with Crippen molar-refractivity contribution in [3.8, 4) is 0 Å². The smallest absolute Gasteiger partial charge is 0.138 e. The van der Waals surface area contributed by atoms with Crippen molar-refractivity contribution in [2.24, 2.45) is 5.92 Å². The Bertz CT molecular complexity index is 529. The molecule has 3 nitrogen and oxygen atoms in total. The second-order valence-corrected chi connectivity index (χ2v) is 5.36. The predicted molar refractivity (Wildman–Crippen MR) is 70.6 cm³/mol. The lowest BCUT2D eigenvalue weighted by Crippen LogP contribution is -2.02. The van der Waals surface area contributed by atoms with Gasteiger partial charge in [0.05, 0.1) is 5.69 Å². The van der Waals surface area contributed by atoms with Gasteiger partial charge in [-0.05, 0) is 47.3 Å². The molecular weight excluding hydrogens is 266 g/mol. The largest absolute Gasteiger partial charge is 0.383 e. The molecule has 0 saturated heterocycles. The Morgan fingerprint density at radius 2 is 2.12 bits per heavy atom. The maximum Gasteiger partial charge on any atom is 0.138 e. The number of fused-ring (bicyclic) bond motifs is 1. The minimum atomic E-state index is 0.566. The van der Waals surface area contributed by atoms with E-state index in [-0.39, 0.29) is 0 Å². The van der Waals surface area contributed by atoms with Gasteiger partial charge in [0, 0.05) is 10.2 Å². The first-order chi connectivity index (χ1) is 7.50. The Morgan fingerprint density at radius 3 is 2.75 bits per heavy atom. The van der Waals surface area contributed by atoms with Crippen molar-refractivity contribution in [2.45, 2.75) is 27.2 Å². The Balaban J connectivity index is 2.64. The average Bonchev–Trinajstić information content (AvgIpc) is 2.50. The zero-order valence-corrected chi connectivity index (χ0v) is 11.4. The van der Waals surface area contributed by atoms with Crippen molar-refractivity contribution in [1.82, 2.24) is 9.38 Å². The van der Waals surface area contributed by atoms with E-state index in [1.54, 1.807) is 0 Å². The number of pyridine rings is 1. The van der Waals surface area contributed by atoms with Gasteiger partial charge in [0.2, 0.25) is 0 Å². The van der Waals surface area contributed by atoms with Gasteiger partial charge in [-0.15, -0.1) is 0 Å². The number of aromatic nitrogens is 2. The van der Waals surface area contributed by atoms with Crippen molar-refractivity contribution in [3.63, 3.8) is 0 Å². The number of nitrogens with zero attached hydrogens (tertiary/aromatic N) is 2. The molecule has 0 aliphatic heterocycles. The lowest BCUT2D eigenvalue weighted by molar-refractivity contribution is 0.639. The molecule has 0 bridgehead atoms. The Labute approximate surface area is 104 Å². The monoisotopic (exact) mass is 281 g/mol. The van der Waals surface area contributed by atoms with E-state index in [1.807, 2.05) is 23.5 Å². The van der Waals surface area contributed by atoms with Gasteiger partial charge in [-0.1, -0.05) is 13.8 Å². The average molecular weight is 282 g/mol. The zero-order chi connectivity index (χ0) is 11.9. The van der Waals surface area contributed by atoms with Crippen LogP contribution in [0.2, 0.25) is 0 Å². The molecule has 0 spiro atoms. The SMILES string of the molecule is Cc1c(Br)ccc2nc(CC(C)C)c(N)n12. The quantitative estimate of drug-likeness (QED) is 0.919.